The summed E-state index contributed by atoms with van der Waals surface area (Å²) in [6, 6.07) is 7.76. The third-order valence-electron chi connectivity index (χ3n) is 3.05. The van der Waals surface area contributed by atoms with Crippen molar-refractivity contribution in [1.82, 2.24) is 9.97 Å². The molecule has 0 unspecified atom stereocenters. The van der Waals surface area contributed by atoms with E-state index >= 15 is 0 Å². The molecule has 0 spiro atoms. The molecule has 0 aliphatic carbocycles. The molecule has 6 heteroatoms. The van der Waals surface area contributed by atoms with E-state index in [1.54, 1.807) is 6.20 Å². The topological polar surface area (TPSA) is 68.3 Å². The van der Waals surface area contributed by atoms with Gasteiger partial charge >= 0.3 is 0 Å². The van der Waals surface area contributed by atoms with Crippen LogP contribution in [0.2, 0.25) is 0 Å². The quantitative estimate of drug-likeness (QED) is 0.904. The van der Waals surface area contributed by atoms with E-state index in [-0.39, 0.29) is 5.54 Å². The molecule has 1 aromatic heterocycles. The normalized spacial score (nSPS) is 13.0. The molecule has 6 nitrogen and oxygen atoms in total. The minimum absolute atomic E-state index is 0.0735. The molecule has 1 aliphatic heterocycles. The maximum atomic E-state index is 5.38. The number of nitrogens with one attached hydrogen (secondary N) is 2. The van der Waals surface area contributed by atoms with Crippen LogP contribution in [0.3, 0.4) is 0 Å². The lowest BCUT2D eigenvalue weighted by molar-refractivity contribution is 0.174. The Labute approximate surface area is 129 Å². The Balaban J connectivity index is 1.65. The lowest BCUT2D eigenvalue weighted by Crippen LogP contribution is -2.27. The van der Waals surface area contributed by atoms with E-state index in [1.807, 2.05) is 24.3 Å². The minimum Gasteiger partial charge on any atom is -0.454 e. The summed E-state index contributed by atoms with van der Waals surface area (Å²) < 4.78 is 10.7. The number of rotatable bonds is 4. The predicted octanol–water partition coefficient (Wildman–Crippen LogP) is 3.03. The van der Waals surface area contributed by atoms with Gasteiger partial charge in [-0.1, -0.05) is 6.07 Å². The smallest absolute Gasteiger partial charge is 0.231 e. The molecule has 1 aromatic carbocycles. The number of benzene rings is 1. The first kappa shape index (κ1) is 14.4. The van der Waals surface area contributed by atoms with Gasteiger partial charge in [0.15, 0.2) is 11.5 Å². The summed E-state index contributed by atoms with van der Waals surface area (Å²) in [6.07, 6.45) is 1.74. The number of hydrogen-bond acceptors (Lipinski definition) is 6. The number of hydrogen-bond donors (Lipinski definition) is 2. The van der Waals surface area contributed by atoms with E-state index in [1.165, 1.54) is 0 Å². The van der Waals surface area contributed by atoms with Gasteiger partial charge in [0.1, 0.15) is 5.82 Å². The summed E-state index contributed by atoms with van der Waals surface area (Å²) in [6.45, 7) is 7.16. The molecule has 0 bridgehead atoms. The zero-order chi connectivity index (χ0) is 15.6. The molecule has 2 N–H and O–H groups in total. The van der Waals surface area contributed by atoms with Crippen molar-refractivity contribution in [2.75, 3.05) is 17.4 Å². The van der Waals surface area contributed by atoms with Crippen molar-refractivity contribution in [2.45, 2.75) is 32.9 Å². The molecular weight excluding hydrogens is 280 g/mol. The van der Waals surface area contributed by atoms with Gasteiger partial charge in [0.25, 0.3) is 0 Å². The lowest BCUT2D eigenvalue weighted by atomic mass is 10.1. The second kappa shape index (κ2) is 5.71. The minimum atomic E-state index is -0.0735. The van der Waals surface area contributed by atoms with Crippen LogP contribution >= 0.6 is 0 Å². The average molecular weight is 300 g/mol. The second-order valence-electron chi connectivity index (χ2n) is 6.18. The molecule has 0 atom stereocenters. The fourth-order valence-corrected chi connectivity index (χ4v) is 2.10. The monoisotopic (exact) mass is 300 g/mol. The highest BCUT2D eigenvalue weighted by atomic mass is 16.7. The van der Waals surface area contributed by atoms with Crippen LogP contribution in [0, 0.1) is 0 Å². The highest BCUT2D eigenvalue weighted by Gasteiger charge is 2.13. The zero-order valence-electron chi connectivity index (χ0n) is 13.0. The van der Waals surface area contributed by atoms with Crippen molar-refractivity contribution < 1.29 is 9.47 Å². The molecule has 0 radical (unpaired) electrons. The number of fused-ring (bicyclic) bond motifs is 1. The van der Waals surface area contributed by atoms with Gasteiger partial charge in [0.2, 0.25) is 12.7 Å². The molecule has 2 aromatic rings. The van der Waals surface area contributed by atoms with Crippen molar-refractivity contribution in [3.63, 3.8) is 0 Å². The number of anilines is 2. The number of nitrogens with zero attached hydrogens (tertiary/aromatic N) is 2. The Morgan fingerprint density at radius 2 is 1.95 bits per heavy atom. The summed E-state index contributed by atoms with van der Waals surface area (Å²) in [5.41, 5.74) is 1.03. The van der Waals surface area contributed by atoms with E-state index in [9.17, 15) is 0 Å². The fraction of sp³-hybridized carbons (Fsp3) is 0.375. The summed E-state index contributed by atoms with van der Waals surface area (Å²) in [7, 11) is 0. The van der Waals surface area contributed by atoms with E-state index in [0.29, 0.717) is 19.3 Å². The first-order chi connectivity index (χ1) is 10.5. The van der Waals surface area contributed by atoms with Crippen molar-refractivity contribution in [3.05, 3.63) is 36.0 Å². The third kappa shape index (κ3) is 3.58. The predicted molar refractivity (Wildman–Crippen MR) is 85.3 cm³/mol. The molecule has 22 heavy (non-hydrogen) atoms. The van der Waals surface area contributed by atoms with E-state index < -0.39 is 0 Å². The van der Waals surface area contributed by atoms with Crippen LogP contribution in [0.5, 0.6) is 11.5 Å². The Bertz CT molecular complexity index is 667. The van der Waals surface area contributed by atoms with Crippen LogP contribution < -0.4 is 20.1 Å². The Morgan fingerprint density at radius 1 is 1.14 bits per heavy atom. The van der Waals surface area contributed by atoms with Crippen molar-refractivity contribution in [3.8, 4) is 11.5 Å². The van der Waals surface area contributed by atoms with Gasteiger partial charge in [-0.15, -0.1) is 0 Å². The van der Waals surface area contributed by atoms with Crippen LogP contribution in [-0.2, 0) is 6.54 Å². The molecule has 0 saturated heterocycles. The van der Waals surface area contributed by atoms with Crippen LogP contribution in [-0.4, -0.2) is 22.3 Å². The molecule has 2 heterocycles. The van der Waals surface area contributed by atoms with E-state index in [2.05, 4.69) is 41.4 Å². The first-order valence-corrected chi connectivity index (χ1v) is 7.23. The highest BCUT2D eigenvalue weighted by molar-refractivity contribution is 5.46. The second-order valence-corrected chi connectivity index (χ2v) is 6.18. The molecule has 0 fully saturated rings. The standard InChI is InChI=1S/C16H20N4O2/c1-16(2,3)20-15-17-7-6-14(19-15)18-9-11-4-5-12-13(8-11)22-10-21-12/h4-8H,9-10H2,1-3H3,(H2,17,18,19,20). The molecule has 1 aliphatic rings. The van der Waals surface area contributed by atoms with E-state index in [4.69, 9.17) is 9.47 Å². The van der Waals surface area contributed by atoms with Crippen molar-refractivity contribution in [1.29, 1.82) is 0 Å². The van der Waals surface area contributed by atoms with Crippen molar-refractivity contribution in [2.24, 2.45) is 0 Å². The van der Waals surface area contributed by atoms with Gasteiger partial charge in [0.05, 0.1) is 0 Å². The van der Waals surface area contributed by atoms with E-state index in [0.717, 1.165) is 22.9 Å². The number of ether oxygens (including phenoxy) is 2. The summed E-state index contributed by atoms with van der Waals surface area (Å²) in [4.78, 5) is 8.68. The summed E-state index contributed by atoms with van der Waals surface area (Å²) >= 11 is 0. The van der Waals surface area contributed by atoms with Crippen LogP contribution in [0.4, 0.5) is 11.8 Å². The molecule has 0 saturated carbocycles. The molecule has 116 valence electrons. The SMILES string of the molecule is CC(C)(C)Nc1nccc(NCc2ccc3c(c2)OCO3)n1. The lowest BCUT2D eigenvalue weighted by Gasteiger charge is -2.20. The summed E-state index contributed by atoms with van der Waals surface area (Å²) in [5, 5.41) is 6.55. The van der Waals surface area contributed by atoms with Gasteiger partial charge in [-0.3, -0.25) is 0 Å². The van der Waals surface area contributed by atoms with Gasteiger partial charge in [0, 0.05) is 18.3 Å². The molecule has 0 amide bonds. The van der Waals surface area contributed by atoms with Crippen LogP contribution in [0.15, 0.2) is 30.5 Å². The fourth-order valence-electron chi connectivity index (χ4n) is 2.10. The van der Waals surface area contributed by atoms with Crippen LogP contribution in [0.25, 0.3) is 0 Å². The summed E-state index contributed by atoms with van der Waals surface area (Å²) in [5.74, 6) is 2.97. The first-order valence-electron chi connectivity index (χ1n) is 7.23. The maximum absolute atomic E-state index is 5.38. The Morgan fingerprint density at radius 3 is 2.77 bits per heavy atom. The average Bonchev–Trinajstić information content (AvgIpc) is 2.91. The van der Waals surface area contributed by atoms with Gasteiger partial charge < -0.3 is 20.1 Å². The zero-order valence-corrected chi connectivity index (χ0v) is 13.0. The molecule has 3 rings (SSSR count). The van der Waals surface area contributed by atoms with Gasteiger partial charge in [-0.25, -0.2) is 4.98 Å². The van der Waals surface area contributed by atoms with Gasteiger partial charge in [-0.05, 0) is 44.5 Å². The highest BCUT2D eigenvalue weighted by Crippen LogP contribution is 2.32. The van der Waals surface area contributed by atoms with Gasteiger partial charge in [-0.2, -0.15) is 4.98 Å². The number of aromatic nitrogens is 2. The third-order valence-corrected chi connectivity index (χ3v) is 3.05. The maximum Gasteiger partial charge on any atom is 0.231 e. The largest absolute Gasteiger partial charge is 0.454 e. The Hall–Kier alpha value is -2.50. The van der Waals surface area contributed by atoms with Crippen LogP contribution in [0.1, 0.15) is 26.3 Å². The van der Waals surface area contributed by atoms with Crippen molar-refractivity contribution >= 4 is 11.8 Å². The Kier molecular flexibility index (Phi) is 3.75. The molecular formula is C16H20N4O2.